The first-order valence-corrected chi connectivity index (χ1v) is 29.9. The van der Waals surface area contributed by atoms with Gasteiger partial charge < -0.3 is 9.80 Å². The third kappa shape index (κ3) is 15.7. The van der Waals surface area contributed by atoms with Crippen molar-refractivity contribution in [3.8, 4) is 0 Å². The van der Waals surface area contributed by atoms with Crippen LogP contribution in [0.5, 0.6) is 0 Å². The van der Waals surface area contributed by atoms with E-state index in [-0.39, 0.29) is 7.92 Å². The predicted octanol–water partition coefficient (Wildman–Crippen LogP) is 14.2. The molecule has 5 fully saturated rings. The van der Waals surface area contributed by atoms with E-state index in [2.05, 4.69) is 54.0 Å². The summed E-state index contributed by atoms with van der Waals surface area (Å²) >= 11 is -1.95. The zero-order valence-corrected chi connectivity index (χ0v) is 39.5. The molecule has 2 aromatic carbocycles. The van der Waals surface area contributed by atoms with Gasteiger partial charge in [0.15, 0.2) is 0 Å². The zero-order valence-electron chi connectivity index (χ0n) is 35.3. The number of aromatic nitrogens is 2. The number of rotatable bonds is 7. The summed E-state index contributed by atoms with van der Waals surface area (Å²) in [5.41, 5.74) is 12.6. The van der Waals surface area contributed by atoms with E-state index in [0.29, 0.717) is 0 Å². The van der Waals surface area contributed by atoms with Crippen LogP contribution in [0.3, 0.4) is 0 Å². The van der Waals surface area contributed by atoms with Gasteiger partial charge in [-0.2, -0.15) is 0 Å². The molecule has 2 aromatic heterocycles. The maximum absolute atomic E-state index is 5.82. The molecular weight excluding hydrogens is 872 g/mol. The average molecular weight is 940 g/mol. The molecule has 8 heteroatoms. The monoisotopic (exact) mass is 939 g/mol. The minimum atomic E-state index is -1.95. The van der Waals surface area contributed by atoms with Crippen molar-refractivity contribution >= 4 is 48.5 Å². The Kier molecular flexibility index (Phi) is 20.8. The number of hydrogen-bond donors (Lipinski definition) is 0. The zero-order chi connectivity index (χ0) is 40.7. The number of hydrogen-bond acceptors (Lipinski definition) is 4. The van der Waals surface area contributed by atoms with Gasteiger partial charge in [-0.25, -0.2) is 0 Å². The normalized spacial score (nSPS) is 18.9. The van der Waals surface area contributed by atoms with Gasteiger partial charge in [0.2, 0.25) is 0 Å². The van der Waals surface area contributed by atoms with Crippen LogP contribution < -0.4 is 9.80 Å². The topological polar surface area (TPSA) is 32.3 Å². The minimum absolute atomic E-state index is 0.0465. The van der Waals surface area contributed by atoms with E-state index in [1.807, 2.05) is 85.5 Å². The first kappa shape index (κ1) is 45.9. The molecule has 0 bridgehead atoms. The maximum Gasteiger partial charge on any atom is 0.0397 e. The molecule has 0 spiro atoms. The van der Waals surface area contributed by atoms with Crippen molar-refractivity contribution in [2.45, 2.75) is 139 Å². The van der Waals surface area contributed by atoms with Crippen molar-refractivity contribution in [1.82, 2.24) is 9.97 Å². The van der Waals surface area contributed by atoms with Crippen LogP contribution in [0.1, 0.15) is 133 Å². The third-order valence-corrected chi connectivity index (χ3v) is 18.8. The molecule has 0 unspecified atom stereocenters. The quantitative estimate of drug-likeness (QED) is 0.105. The SMILES string of the molecule is C1CCC([PH+](C2CCCCC2)C2CCCCC2)CC1.[Cl][Ru]([Cl])=[C]=C=C(c1ccccc1)c1ccccc1.c1cc(N2CCCC2)ccn1.c1cc(N2CCCC2)ccn1. The van der Waals surface area contributed by atoms with Gasteiger partial charge in [0, 0.05) is 70.3 Å². The van der Waals surface area contributed by atoms with Crippen LogP contribution in [0.4, 0.5) is 11.4 Å². The van der Waals surface area contributed by atoms with Crippen molar-refractivity contribution in [3.63, 3.8) is 0 Å². The Morgan fingerprint density at radius 3 is 1.14 bits per heavy atom. The van der Waals surface area contributed by atoms with Gasteiger partial charge >= 0.3 is 120 Å². The fourth-order valence-electron chi connectivity index (χ4n) is 9.97. The number of benzene rings is 2. The number of nitrogens with zero attached hydrogens (tertiary/aromatic N) is 4. The van der Waals surface area contributed by atoms with E-state index in [9.17, 15) is 0 Å². The number of pyridine rings is 2. The Bertz CT molecular complexity index is 1680. The van der Waals surface area contributed by atoms with E-state index in [4.69, 9.17) is 19.4 Å². The van der Waals surface area contributed by atoms with Crippen molar-refractivity contribution in [3.05, 3.63) is 127 Å². The molecule has 4 nitrogen and oxygen atoms in total. The first-order valence-electron chi connectivity index (χ1n) is 22.8. The van der Waals surface area contributed by atoms with Crippen LogP contribution in [0.15, 0.2) is 115 Å². The molecular formula is C51H68Cl2N4PRu+. The van der Waals surface area contributed by atoms with Gasteiger partial charge in [0.25, 0.3) is 0 Å². The molecule has 4 heterocycles. The Balaban J connectivity index is 0.000000136. The summed E-state index contributed by atoms with van der Waals surface area (Å²) in [6.45, 7) is 4.85. The predicted molar refractivity (Wildman–Crippen MR) is 256 cm³/mol. The molecule has 2 saturated heterocycles. The molecule has 3 saturated carbocycles. The summed E-state index contributed by atoms with van der Waals surface area (Å²) in [6, 6.07) is 28.4. The van der Waals surface area contributed by atoms with Gasteiger partial charge in [-0.1, -0.05) is 19.3 Å². The second-order valence-corrected chi connectivity index (χ2v) is 25.6. The Morgan fingerprint density at radius 2 is 0.814 bits per heavy atom. The van der Waals surface area contributed by atoms with Crippen LogP contribution in [-0.2, 0) is 13.5 Å². The van der Waals surface area contributed by atoms with Crippen molar-refractivity contribution in [1.29, 1.82) is 0 Å². The summed E-state index contributed by atoms with van der Waals surface area (Å²) in [5, 5.41) is 0. The molecule has 5 aliphatic rings. The number of anilines is 2. The van der Waals surface area contributed by atoms with Crippen molar-refractivity contribution in [2.75, 3.05) is 36.0 Å². The Labute approximate surface area is 371 Å². The summed E-state index contributed by atoms with van der Waals surface area (Å²) in [7, 11) is 11.6. The van der Waals surface area contributed by atoms with Crippen LogP contribution >= 0.6 is 27.3 Å². The van der Waals surface area contributed by atoms with Gasteiger partial charge in [0.1, 0.15) is 0 Å². The van der Waals surface area contributed by atoms with Crippen molar-refractivity contribution < 1.29 is 13.5 Å². The van der Waals surface area contributed by atoms with Gasteiger partial charge in [-0.3, -0.25) is 9.97 Å². The maximum atomic E-state index is 5.82. The first-order chi connectivity index (χ1) is 29.2. The van der Waals surface area contributed by atoms with E-state index in [1.165, 1.54) is 80.2 Å². The van der Waals surface area contributed by atoms with E-state index >= 15 is 0 Å². The average Bonchev–Trinajstić information content (AvgIpc) is 4.07. The fraction of sp³-hybridized carbons (Fsp3) is 0.510. The molecule has 0 N–H and O–H groups in total. The molecule has 318 valence electrons. The molecule has 59 heavy (non-hydrogen) atoms. The smallest absolute Gasteiger partial charge is 0.0397 e. The molecule has 0 amide bonds. The standard InChI is InChI=1S/C18H33P.C15H10.2C9H12N2.2ClH.Ru/c1-4-10-16(11-5-1)19(17-12-6-2-7-13-17)18-14-8-3-9-15-18;1-2-15(13-9-5-3-6-10-13)14-11-7-4-8-12-14;2*1-2-8-11(7-1)9-3-5-10-6-4-9;;;/h16-18H,1-15H2;3-12H;2*3-6H,1-2,7-8H2;2*1H;/q;;;;;;+2/p-1. The second-order valence-electron chi connectivity index (χ2n) is 16.8. The van der Waals surface area contributed by atoms with Crippen LogP contribution in [-0.4, -0.2) is 57.4 Å². The molecule has 9 rings (SSSR count). The summed E-state index contributed by atoms with van der Waals surface area (Å²) in [4.78, 5) is 12.8. The van der Waals surface area contributed by atoms with Crippen molar-refractivity contribution in [2.24, 2.45) is 0 Å². The largest absolute Gasteiger partial charge is 0.371 e. The molecule has 2 aliphatic heterocycles. The minimum Gasteiger partial charge on any atom is -0.371 e. The van der Waals surface area contributed by atoms with E-state index in [0.717, 1.165) is 16.7 Å². The van der Waals surface area contributed by atoms with E-state index in [1.54, 1.807) is 96.3 Å². The fourth-order valence-corrected chi connectivity index (χ4v) is 16.0. The van der Waals surface area contributed by atoms with Crippen LogP contribution in [0.25, 0.3) is 5.57 Å². The van der Waals surface area contributed by atoms with Gasteiger partial charge in [0.05, 0.1) is 17.0 Å². The molecule has 3 aliphatic carbocycles. The van der Waals surface area contributed by atoms with Crippen LogP contribution in [0.2, 0.25) is 0 Å². The molecule has 0 radical (unpaired) electrons. The number of halogens is 2. The Hall–Kier alpha value is -2.60. The second kappa shape index (κ2) is 26.7. The van der Waals surface area contributed by atoms with Gasteiger partial charge in [-0.15, -0.1) is 0 Å². The summed E-state index contributed by atoms with van der Waals surface area (Å²) in [5.74, 6) is 0. The van der Waals surface area contributed by atoms with Crippen LogP contribution in [0, 0.1) is 0 Å². The molecule has 0 atom stereocenters. The summed E-state index contributed by atoms with van der Waals surface area (Å²) in [6.07, 6.45) is 36.6. The Morgan fingerprint density at radius 1 is 0.475 bits per heavy atom. The third-order valence-electron chi connectivity index (χ3n) is 12.9. The van der Waals surface area contributed by atoms with E-state index < -0.39 is 13.5 Å². The summed E-state index contributed by atoms with van der Waals surface area (Å²) < 4.78 is 2.93. The molecule has 4 aromatic rings. The van der Waals surface area contributed by atoms with Gasteiger partial charge in [-0.05, 0) is 127 Å².